The summed E-state index contributed by atoms with van der Waals surface area (Å²) in [7, 11) is 0. The second-order valence-electron chi connectivity index (χ2n) is 10.7. The number of nitrogens with one attached hydrogen (secondary N) is 1. The van der Waals surface area contributed by atoms with E-state index in [9.17, 15) is 9.59 Å². The number of hydrogen-bond donors (Lipinski definition) is 2. The fourth-order valence-electron chi connectivity index (χ4n) is 5.63. The largest absolute Gasteiger partial charge is 0.350 e. The van der Waals surface area contributed by atoms with E-state index in [2.05, 4.69) is 48.3 Å². The fraction of sp³-hybridized carbons (Fsp3) is 0.517. The van der Waals surface area contributed by atoms with E-state index in [1.54, 1.807) is 0 Å². The molecule has 2 aliphatic heterocycles. The van der Waals surface area contributed by atoms with Crippen LogP contribution in [-0.4, -0.2) is 58.9 Å². The normalized spacial score (nSPS) is 22.8. The van der Waals surface area contributed by atoms with Crippen molar-refractivity contribution >= 4 is 35.8 Å². The van der Waals surface area contributed by atoms with Gasteiger partial charge in [0.2, 0.25) is 11.8 Å². The van der Waals surface area contributed by atoms with E-state index in [1.165, 1.54) is 5.56 Å². The molecule has 37 heavy (non-hydrogen) atoms. The number of nitrogens with two attached hydrogens (primary N) is 1. The van der Waals surface area contributed by atoms with Crippen LogP contribution in [-0.2, 0) is 22.6 Å². The van der Waals surface area contributed by atoms with Gasteiger partial charge in [0.1, 0.15) is 6.04 Å². The number of amides is 2. The number of aryl methyl sites for hydroxylation is 1. The highest BCUT2D eigenvalue weighted by Gasteiger charge is 2.45. The van der Waals surface area contributed by atoms with Crippen LogP contribution in [0.1, 0.15) is 50.7 Å². The topological polar surface area (TPSA) is 78.7 Å². The number of hydrogen-bond acceptors (Lipinski definition) is 4. The number of benzene rings is 2. The summed E-state index contributed by atoms with van der Waals surface area (Å²) in [6, 6.07) is 17.5. The maximum atomic E-state index is 13.9. The van der Waals surface area contributed by atoms with Crippen molar-refractivity contribution in [3.05, 3.63) is 70.7 Å². The minimum Gasteiger partial charge on any atom is -0.350 e. The Morgan fingerprint density at radius 3 is 2.49 bits per heavy atom. The van der Waals surface area contributed by atoms with Crippen LogP contribution in [0.2, 0.25) is 5.02 Å². The Morgan fingerprint density at radius 1 is 1.11 bits per heavy atom. The van der Waals surface area contributed by atoms with E-state index in [1.807, 2.05) is 35.2 Å². The molecule has 1 unspecified atom stereocenters. The molecule has 2 aromatic carbocycles. The molecule has 4 rings (SSSR count). The van der Waals surface area contributed by atoms with Crippen molar-refractivity contribution in [3.63, 3.8) is 0 Å². The van der Waals surface area contributed by atoms with Crippen molar-refractivity contribution < 1.29 is 9.59 Å². The van der Waals surface area contributed by atoms with E-state index < -0.39 is 6.04 Å². The Hall–Kier alpha value is -2.12. The summed E-state index contributed by atoms with van der Waals surface area (Å²) in [4.78, 5) is 31.5. The SMILES string of the molecule is CC(C)C[C@H](C(=O)NCc1ccc(Cl)cc1)N1CCC(CCc2ccccc2)N2C[C@H](N)C[C@H]2C1=O.Cl. The first-order chi connectivity index (χ1) is 17.3. The predicted octanol–water partition coefficient (Wildman–Crippen LogP) is 4.43. The smallest absolute Gasteiger partial charge is 0.243 e. The van der Waals surface area contributed by atoms with Gasteiger partial charge in [-0.1, -0.05) is 67.9 Å². The predicted molar refractivity (Wildman–Crippen MR) is 152 cm³/mol. The molecule has 0 radical (unpaired) electrons. The molecule has 2 amide bonds. The van der Waals surface area contributed by atoms with Gasteiger partial charge in [-0.15, -0.1) is 12.4 Å². The summed E-state index contributed by atoms with van der Waals surface area (Å²) >= 11 is 5.99. The first kappa shape index (κ1) is 29.4. The number of fused-ring (bicyclic) bond motifs is 1. The van der Waals surface area contributed by atoms with Crippen LogP contribution in [0.15, 0.2) is 54.6 Å². The number of halogens is 2. The van der Waals surface area contributed by atoms with Crippen molar-refractivity contribution in [2.24, 2.45) is 11.7 Å². The highest BCUT2D eigenvalue weighted by Crippen LogP contribution is 2.30. The van der Waals surface area contributed by atoms with Crippen LogP contribution in [0.4, 0.5) is 0 Å². The molecule has 3 N–H and O–H groups in total. The Labute approximate surface area is 232 Å². The summed E-state index contributed by atoms with van der Waals surface area (Å²) in [6.45, 7) is 5.94. The minimum absolute atomic E-state index is 0. The standard InChI is InChI=1S/C29H39ClN4O2.ClH/c1-20(2)16-26(28(35)32-18-22-8-11-23(30)12-9-22)33-15-14-25(13-10-21-6-4-3-5-7-21)34-19-24(31)17-27(34)29(33)36;/h3-9,11-12,20,24-27H,10,13-19,31H2,1-2H3,(H,32,35);1H/t24-,25?,26-,27+;/m1./s1. The molecule has 0 aliphatic carbocycles. The Bertz CT molecular complexity index is 1020. The Balaban J connectivity index is 0.00000380. The first-order valence-corrected chi connectivity index (χ1v) is 13.6. The molecular formula is C29H40Cl2N4O2. The van der Waals surface area contributed by atoms with Crippen LogP contribution in [0.3, 0.4) is 0 Å². The second kappa shape index (κ2) is 13.6. The van der Waals surface area contributed by atoms with E-state index in [0.29, 0.717) is 31.0 Å². The molecule has 8 heteroatoms. The maximum absolute atomic E-state index is 13.9. The lowest BCUT2D eigenvalue weighted by Gasteiger charge is -2.33. The third kappa shape index (κ3) is 7.70. The van der Waals surface area contributed by atoms with E-state index in [0.717, 1.165) is 31.4 Å². The molecule has 2 saturated heterocycles. The summed E-state index contributed by atoms with van der Waals surface area (Å²) in [5.74, 6) is 0.240. The van der Waals surface area contributed by atoms with Gasteiger partial charge < -0.3 is 16.0 Å². The fourth-order valence-corrected chi connectivity index (χ4v) is 5.75. The molecule has 2 heterocycles. The quantitative estimate of drug-likeness (QED) is 0.487. The molecule has 2 aromatic rings. The number of rotatable bonds is 9. The lowest BCUT2D eigenvalue weighted by atomic mass is 9.99. The van der Waals surface area contributed by atoms with Crippen molar-refractivity contribution in [3.8, 4) is 0 Å². The number of carbonyl (C=O) groups is 2. The monoisotopic (exact) mass is 546 g/mol. The lowest BCUT2D eigenvalue weighted by molar-refractivity contribution is -0.143. The lowest BCUT2D eigenvalue weighted by Crippen LogP contribution is -2.53. The number of carbonyl (C=O) groups excluding carboxylic acids is 2. The summed E-state index contributed by atoms with van der Waals surface area (Å²) in [5, 5.41) is 3.74. The van der Waals surface area contributed by atoms with E-state index in [-0.39, 0.29) is 48.3 Å². The van der Waals surface area contributed by atoms with Crippen LogP contribution in [0, 0.1) is 5.92 Å². The molecule has 202 valence electrons. The molecule has 4 atom stereocenters. The number of nitrogens with zero attached hydrogens (tertiary/aromatic N) is 2. The second-order valence-corrected chi connectivity index (χ2v) is 11.1. The molecule has 0 saturated carbocycles. The average Bonchev–Trinajstić information content (AvgIpc) is 3.21. The molecule has 2 fully saturated rings. The third-order valence-corrected chi connectivity index (χ3v) is 7.73. The molecule has 0 aromatic heterocycles. The summed E-state index contributed by atoms with van der Waals surface area (Å²) in [5.41, 5.74) is 8.65. The van der Waals surface area contributed by atoms with Gasteiger partial charge >= 0.3 is 0 Å². The van der Waals surface area contributed by atoms with Gasteiger partial charge in [-0.05, 0) is 61.3 Å². The third-order valence-electron chi connectivity index (χ3n) is 7.47. The van der Waals surface area contributed by atoms with Gasteiger partial charge in [-0.2, -0.15) is 0 Å². The van der Waals surface area contributed by atoms with E-state index in [4.69, 9.17) is 17.3 Å². The van der Waals surface area contributed by atoms with Crippen LogP contribution in [0.25, 0.3) is 0 Å². The Kier molecular flexibility index (Phi) is 10.8. The Morgan fingerprint density at radius 2 is 1.81 bits per heavy atom. The van der Waals surface area contributed by atoms with Gasteiger partial charge in [-0.25, -0.2) is 0 Å². The molecule has 6 nitrogen and oxygen atoms in total. The first-order valence-electron chi connectivity index (χ1n) is 13.2. The van der Waals surface area contributed by atoms with Crippen LogP contribution in [0.5, 0.6) is 0 Å². The van der Waals surface area contributed by atoms with Crippen molar-refractivity contribution in [2.45, 2.75) is 76.7 Å². The van der Waals surface area contributed by atoms with Gasteiger partial charge in [0.25, 0.3) is 0 Å². The van der Waals surface area contributed by atoms with Crippen molar-refractivity contribution in [2.75, 3.05) is 13.1 Å². The highest BCUT2D eigenvalue weighted by molar-refractivity contribution is 6.30. The molecule has 0 spiro atoms. The van der Waals surface area contributed by atoms with Gasteiger partial charge in [0.15, 0.2) is 0 Å². The molecular weight excluding hydrogens is 507 g/mol. The van der Waals surface area contributed by atoms with Gasteiger partial charge in [0.05, 0.1) is 6.04 Å². The van der Waals surface area contributed by atoms with Gasteiger partial charge in [-0.3, -0.25) is 14.5 Å². The average molecular weight is 548 g/mol. The molecule has 0 bridgehead atoms. The zero-order valence-corrected chi connectivity index (χ0v) is 23.4. The van der Waals surface area contributed by atoms with Crippen molar-refractivity contribution in [1.29, 1.82) is 0 Å². The summed E-state index contributed by atoms with van der Waals surface area (Å²) < 4.78 is 0. The maximum Gasteiger partial charge on any atom is 0.243 e. The van der Waals surface area contributed by atoms with Crippen LogP contribution < -0.4 is 11.1 Å². The minimum atomic E-state index is -0.489. The van der Waals surface area contributed by atoms with E-state index >= 15 is 0 Å². The van der Waals surface area contributed by atoms with Gasteiger partial charge in [0, 0.05) is 36.7 Å². The zero-order chi connectivity index (χ0) is 25.7. The summed E-state index contributed by atoms with van der Waals surface area (Å²) in [6.07, 6.45) is 4.07. The zero-order valence-electron chi connectivity index (χ0n) is 21.8. The van der Waals surface area contributed by atoms with Crippen LogP contribution >= 0.6 is 24.0 Å². The highest BCUT2D eigenvalue weighted by atomic mass is 35.5. The molecule has 2 aliphatic rings. The van der Waals surface area contributed by atoms with Crippen molar-refractivity contribution in [1.82, 2.24) is 15.1 Å².